The summed E-state index contributed by atoms with van der Waals surface area (Å²) < 4.78 is 32.5. The van der Waals surface area contributed by atoms with Crippen molar-refractivity contribution in [2.24, 2.45) is 5.73 Å². The summed E-state index contributed by atoms with van der Waals surface area (Å²) in [7, 11) is -4.43. The first-order valence-corrected chi connectivity index (χ1v) is 20.8. The van der Waals surface area contributed by atoms with E-state index >= 15 is 0 Å². The molecule has 0 fully saturated rings. The maximum atomic E-state index is 12.5. The normalized spacial score (nSPS) is 15.5. The van der Waals surface area contributed by atoms with Crippen LogP contribution in [-0.4, -0.2) is 71.7 Å². The predicted molar refractivity (Wildman–Crippen MR) is 213 cm³/mol. The van der Waals surface area contributed by atoms with E-state index in [0.29, 0.717) is 32.1 Å². The lowest BCUT2D eigenvalue weighted by Gasteiger charge is -2.19. The van der Waals surface area contributed by atoms with Crippen molar-refractivity contribution in [2.75, 3.05) is 26.4 Å². The highest BCUT2D eigenvalue weighted by Crippen LogP contribution is 2.43. The van der Waals surface area contributed by atoms with Crippen molar-refractivity contribution in [3.63, 3.8) is 0 Å². The van der Waals surface area contributed by atoms with Crippen LogP contribution in [0, 0.1) is 0 Å². The summed E-state index contributed by atoms with van der Waals surface area (Å²) in [5, 5.41) is 20.0. The molecule has 0 spiro atoms. The Morgan fingerprint density at radius 3 is 2.08 bits per heavy atom. The molecule has 0 aliphatic carbocycles. The van der Waals surface area contributed by atoms with Gasteiger partial charge in [0.2, 0.25) is 0 Å². The number of esters is 2. The summed E-state index contributed by atoms with van der Waals surface area (Å²) in [6.07, 6.45) is 37.0. The average molecular weight is 766 g/mol. The van der Waals surface area contributed by atoms with Gasteiger partial charge in [0.1, 0.15) is 6.61 Å². The highest BCUT2D eigenvalue weighted by molar-refractivity contribution is 7.47. The smallest absolute Gasteiger partial charge is 0.462 e. The van der Waals surface area contributed by atoms with Crippen molar-refractivity contribution < 1.29 is 47.8 Å². The van der Waals surface area contributed by atoms with Gasteiger partial charge in [0.15, 0.2) is 6.10 Å². The number of phosphoric acid groups is 1. The fraction of sp³-hybridized carbons (Fsp3) is 0.610. The summed E-state index contributed by atoms with van der Waals surface area (Å²) >= 11 is 0. The van der Waals surface area contributed by atoms with Crippen LogP contribution in [0.1, 0.15) is 117 Å². The minimum Gasteiger partial charge on any atom is -0.462 e. The van der Waals surface area contributed by atoms with Crippen molar-refractivity contribution in [2.45, 2.75) is 135 Å². The van der Waals surface area contributed by atoms with E-state index in [9.17, 15) is 29.3 Å². The number of aliphatic hydroxyl groups excluding tert-OH is 2. The topological polar surface area (TPSA) is 175 Å². The molecule has 1 unspecified atom stereocenters. The molecule has 0 saturated carbocycles. The molecule has 0 radical (unpaired) electrons. The Balaban J connectivity index is 4.53. The third-order valence-corrected chi connectivity index (χ3v) is 8.42. The highest BCUT2D eigenvalue weighted by atomic mass is 31.2. The summed E-state index contributed by atoms with van der Waals surface area (Å²) in [6, 6.07) is 0. The minimum absolute atomic E-state index is 0.0144. The van der Waals surface area contributed by atoms with Gasteiger partial charge in [0, 0.05) is 19.4 Å². The molecule has 0 amide bonds. The molecule has 53 heavy (non-hydrogen) atoms. The number of aliphatic hydroxyl groups is 2. The molecule has 4 atom stereocenters. The number of hydrogen-bond donors (Lipinski definition) is 4. The first kappa shape index (κ1) is 50.1. The van der Waals surface area contributed by atoms with E-state index in [4.69, 9.17) is 24.3 Å². The zero-order valence-electron chi connectivity index (χ0n) is 32.2. The number of unbranched alkanes of at least 4 members (excludes halogenated alkanes) is 8. The number of nitrogens with two attached hydrogens (primary N) is 1. The van der Waals surface area contributed by atoms with Crippen molar-refractivity contribution in [1.82, 2.24) is 0 Å². The van der Waals surface area contributed by atoms with Gasteiger partial charge in [0.05, 0.1) is 25.4 Å². The quantitative estimate of drug-likeness (QED) is 0.0163. The zero-order valence-corrected chi connectivity index (χ0v) is 33.1. The van der Waals surface area contributed by atoms with Crippen molar-refractivity contribution in [1.29, 1.82) is 0 Å². The Hall–Kier alpha value is -2.89. The van der Waals surface area contributed by atoms with Crippen LogP contribution < -0.4 is 5.73 Å². The van der Waals surface area contributed by atoms with Crippen LogP contribution in [0.15, 0.2) is 85.1 Å². The fourth-order valence-corrected chi connectivity index (χ4v) is 5.29. The Morgan fingerprint density at radius 1 is 0.698 bits per heavy atom. The van der Waals surface area contributed by atoms with Crippen LogP contribution >= 0.6 is 7.82 Å². The molecule has 0 aromatic heterocycles. The second-order valence-electron chi connectivity index (χ2n) is 12.5. The molecule has 0 aliphatic rings. The average Bonchev–Trinajstić information content (AvgIpc) is 3.13. The van der Waals surface area contributed by atoms with Gasteiger partial charge >= 0.3 is 19.8 Å². The third-order valence-electron chi connectivity index (χ3n) is 7.44. The Labute approximate surface area is 319 Å². The molecule has 0 bridgehead atoms. The molecular weight excluding hydrogens is 697 g/mol. The highest BCUT2D eigenvalue weighted by Gasteiger charge is 2.25. The summed E-state index contributed by atoms with van der Waals surface area (Å²) in [6.45, 7) is 3.22. The lowest BCUT2D eigenvalue weighted by Crippen LogP contribution is -2.29. The molecule has 0 aromatic rings. The molecule has 302 valence electrons. The zero-order chi connectivity index (χ0) is 39.3. The maximum absolute atomic E-state index is 12.5. The standard InChI is InChI=1S/C41H68NO10P/c1-3-5-7-8-9-10-11-12-16-19-25-31-40(45)49-35-39(36-51-53(47,48)50-34-33-42)52-41(46)32-26-20-24-30-38(44)29-23-18-15-13-14-17-22-28-37(43)27-21-6-4-2/h6,8-9,14-15,17-18,21-24,28-30,37-39,43-44H,3-5,7,10-13,16,19-20,25-27,31-36,42H2,1-2H3,(H,47,48)/b9-8-,17-14-,18-15-,21-6-,28-22+,29-23+,30-24-/t37-,38-,39+/m0/s1. The van der Waals surface area contributed by atoms with Gasteiger partial charge in [0.25, 0.3) is 0 Å². The molecule has 0 heterocycles. The molecule has 0 aromatic carbocycles. The lowest BCUT2D eigenvalue weighted by molar-refractivity contribution is -0.161. The van der Waals surface area contributed by atoms with Gasteiger partial charge in [-0.2, -0.15) is 0 Å². The van der Waals surface area contributed by atoms with Crippen LogP contribution in [0.5, 0.6) is 0 Å². The van der Waals surface area contributed by atoms with E-state index in [1.165, 1.54) is 12.8 Å². The number of allylic oxidation sites excluding steroid dienone is 10. The molecule has 0 rings (SSSR count). The second kappa shape index (κ2) is 36.1. The number of rotatable bonds is 34. The number of hydrogen-bond acceptors (Lipinski definition) is 10. The van der Waals surface area contributed by atoms with Gasteiger partial charge in [-0.15, -0.1) is 0 Å². The van der Waals surface area contributed by atoms with Crippen LogP contribution in [-0.2, 0) is 32.7 Å². The van der Waals surface area contributed by atoms with Gasteiger partial charge in [-0.05, 0) is 57.8 Å². The third kappa shape index (κ3) is 35.9. The number of ether oxygens (including phenoxy) is 2. The monoisotopic (exact) mass is 765 g/mol. The van der Waals surface area contributed by atoms with Crippen LogP contribution in [0.3, 0.4) is 0 Å². The fourth-order valence-electron chi connectivity index (χ4n) is 4.53. The van der Waals surface area contributed by atoms with Gasteiger partial charge < -0.3 is 30.3 Å². The predicted octanol–water partition coefficient (Wildman–Crippen LogP) is 8.43. The van der Waals surface area contributed by atoms with Crippen LogP contribution in [0.4, 0.5) is 0 Å². The molecule has 12 heteroatoms. The molecular formula is C41H68NO10P. The molecule has 0 saturated heterocycles. The van der Waals surface area contributed by atoms with E-state index in [1.807, 2.05) is 42.5 Å². The maximum Gasteiger partial charge on any atom is 0.472 e. The molecule has 5 N–H and O–H groups in total. The molecule has 11 nitrogen and oxygen atoms in total. The second-order valence-corrected chi connectivity index (χ2v) is 13.9. The van der Waals surface area contributed by atoms with Crippen LogP contribution in [0.25, 0.3) is 0 Å². The van der Waals surface area contributed by atoms with Crippen molar-refractivity contribution >= 4 is 19.8 Å². The Bertz CT molecular complexity index is 1180. The Morgan fingerprint density at radius 2 is 1.36 bits per heavy atom. The Kier molecular flexibility index (Phi) is 34.1. The van der Waals surface area contributed by atoms with E-state index < -0.39 is 44.7 Å². The number of carbonyl (C=O) groups excluding carboxylic acids is 2. The largest absolute Gasteiger partial charge is 0.472 e. The first-order chi connectivity index (χ1) is 25.6. The van der Waals surface area contributed by atoms with Crippen molar-refractivity contribution in [3.05, 3.63) is 85.1 Å². The van der Waals surface area contributed by atoms with E-state index in [0.717, 1.165) is 44.9 Å². The van der Waals surface area contributed by atoms with Gasteiger partial charge in [-0.1, -0.05) is 131 Å². The lowest BCUT2D eigenvalue weighted by atomic mass is 10.1. The summed E-state index contributed by atoms with van der Waals surface area (Å²) in [4.78, 5) is 34.7. The van der Waals surface area contributed by atoms with E-state index in [1.54, 1.807) is 30.4 Å². The van der Waals surface area contributed by atoms with E-state index in [-0.39, 0.29) is 32.6 Å². The number of phosphoric ester groups is 1. The van der Waals surface area contributed by atoms with Crippen molar-refractivity contribution in [3.8, 4) is 0 Å². The SMILES string of the molecule is CC/C=C\C[C@H](O)/C=C/C=C\C/C=C\C=C\[C@H](O)/C=C\CCCC(=O)O[C@H](COC(=O)CCCCCCC/C=C\CCCC)COP(=O)(O)OCCN. The van der Waals surface area contributed by atoms with Gasteiger partial charge in [-0.3, -0.25) is 18.6 Å². The summed E-state index contributed by atoms with van der Waals surface area (Å²) in [5.41, 5.74) is 5.31. The first-order valence-electron chi connectivity index (χ1n) is 19.3. The minimum atomic E-state index is -4.43. The van der Waals surface area contributed by atoms with Crippen LogP contribution in [0.2, 0.25) is 0 Å². The molecule has 0 aliphatic heterocycles. The number of carbonyl (C=O) groups is 2. The van der Waals surface area contributed by atoms with Gasteiger partial charge in [-0.25, -0.2) is 4.57 Å². The van der Waals surface area contributed by atoms with E-state index in [2.05, 4.69) is 26.0 Å². The summed E-state index contributed by atoms with van der Waals surface area (Å²) in [5.74, 6) is -1.04.